The average Bonchev–Trinajstić information content (AvgIpc) is 3.20. The summed E-state index contributed by atoms with van der Waals surface area (Å²) in [7, 11) is 0. The van der Waals surface area contributed by atoms with E-state index in [4.69, 9.17) is 116 Å². The van der Waals surface area contributed by atoms with Crippen LogP contribution in [0.25, 0.3) is 0 Å². The number of rotatable bonds is 18. The molecule has 0 amide bonds. The van der Waals surface area contributed by atoms with Crippen LogP contribution in [0.5, 0.6) is 0 Å². The van der Waals surface area contributed by atoms with Crippen LogP contribution in [0.15, 0.2) is 0 Å². The zero-order valence-corrected chi connectivity index (χ0v) is 41.3. The third-order valence-electron chi connectivity index (χ3n) is 9.30. The lowest BCUT2D eigenvalue weighted by Gasteiger charge is -2.49. The topological polar surface area (TPSA) is 342 Å². The third kappa shape index (κ3) is 17.9. The Balaban J connectivity index is 2.31. The molecule has 15 atom stereocenters. The van der Waals surface area contributed by atoms with Crippen molar-refractivity contribution >= 4 is 100 Å². The smallest absolute Gasteiger partial charge is 0.303 e. The summed E-state index contributed by atoms with van der Waals surface area (Å²) in [5, 5.41) is 8.38. The van der Waals surface area contributed by atoms with Crippen molar-refractivity contribution in [2.75, 3.05) is 19.8 Å². The Kier molecular flexibility index (Phi) is 22.3. The van der Waals surface area contributed by atoms with Crippen LogP contribution in [0.4, 0.5) is 0 Å². The van der Waals surface area contributed by atoms with E-state index in [2.05, 4.69) is 0 Å². The van der Waals surface area contributed by atoms with Crippen molar-refractivity contribution < 1.29 is 124 Å². The highest BCUT2D eigenvalue weighted by Crippen LogP contribution is 2.38. The largest absolute Gasteiger partial charge is 0.463 e. The van der Waals surface area contributed by atoms with Crippen LogP contribution in [0, 0.1) is 5.41 Å². The molecular weight excluding hydrogens is 1020 g/mol. The summed E-state index contributed by atoms with van der Waals surface area (Å²) in [6, 6.07) is 0. The van der Waals surface area contributed by atoms with Gasteiger partial charge in [-0.05, 0) is 0 Å². The molecule has 3 aliphatic rings. The Morgan fingerprint density at radius 1 is 0.371 bits per heavy atom. The zero-order chi connectivity index (χ0) is 52.9. The molecule has 3 fully saturated rings. The van der Waals surface area contributed by atoms with Crippen molar-refractivity contribution in [1.29, 1.82) is 5.41 Å². The number of carbonyl (C=O) groups is 10. The van der Waals surface area contributed by atoms with Gasteiger partial charge in [-0.1, -0.05) is 34.8 Å². The van der Waals surface area contributed by atoms with Gasteiger partial charge in [0.1, 0.15) is 37.6 Å². The molecule has 3 rings (SSSR count). The minimum absolute atomic E-state index is 0.668. The lowest BCUT2D eigenvalue weighted by Crippen LogP contribution is -2.68. The second-order valence-corrected chi connectivity index (χ2v) is 17.5. The fourth-order valence-corrected chi connectivity index (χ4v) is 7.20. The highest BCUT2D eigenvalue weighted by molar-refractivity contribution is 6.76. The van der Waals surface area contributed by atoms with Gasteiger partial charge in [-0.2, -0.15) is 0 Å². The first-order valence-electron chi connectivity index (χ1n) is 20.7. The van der Waals surface area contributed by atoms with Crippen molar-refractivity contribution in [3.05, 3.63) is 0 Å². The maximum Gasteiger partial charge on any atom is 0.303 e. The van der Waals surface area contributed by atoms with E-state index in [1.807, 2.05) is 0 Å². The maximum atomic E-state index is 13.0. The monoisotopic (exact) mass is 1070 g/mol. The maximum absolute atomic E-state index is 13.0. The Bertz CT molecular complexity index is 1960. The predicted octanol–water partition coefficient (Wildman–Crippen LogP) is 0.507. The minimum atomic E-state index is -2.63. The third-order valence-corrected chi connectivity index (χ3v) is 9.81. The summed E-state index contributed by atoms with van der Waals surface area (Å²) in [6.07, 6.45) is -27.7. The molecule has 0 aromatic heterocycles. The van der Waals surface area contributed by atoms with Crippen molar-refractivity contribution in [2.45, 2.75) is 165 Å². The van der Waals surface area contributed by atoms with Crippen molar-refractivity contribution in [3.8, 4) is 0 Å². The number of carbonyl (C=O) groups excluding carboxylic acids is 10. The summed E-state index contributed by atoms with van der Waals surface area (Å²) in [5.41, 5.74) is 0. The molecule has 0 spiro atoms. The predicted molar refractivity (Wildman–Crippen MR) is 224 cm³/mol. The minimum Gasteiger partial charge on any atom is -0.463 e. The molecule has 30 heteroatoms. The number of nitrogens with one attached hydrogen (secondary N) is 1. The normalized spacial score (nSPS) is 30.7. The van der Waals surface area contributed by atoms with E-state index in [0.29, 0.717) is 0 Å². The number of esters is 10. The van der Waals surface area contributed by atoms with Crippen LogP contribution in [0.1, 0.15) is 69.2 Å². The van der Waals surface area contributed by atoms with Gasteiger partial charge < -0.3 is 75.8 Å². The number of halogens is 3. The summed E-state index contributed by atoms with van der Waals surface area (Å²) in [5.74, 6) is -11.0. The van der Waals surface area contributed by atoms with E-state index in [0.717, 1.165) is 69.2 Å². The molecule has 3 aliphatic heterocycles. The van der Waals surface area contributed by atoms with Gasteiger partial charge in [-0.25, -0.2) is 0 Å². The molecule has 3 heterocycles. The van der Waals surface area contributed by atoms with Crippen LogP contribution < -0.4 is 0 Å². The van der Waals surface area contributed by atoms with Crippen LogP contribution in [-0.4, -0.2) is 181 Å². The zero-order valence-electron chi connectivity index (χ0n) is 39.0. The molecule has 0 aromatic rings. The first kappa shape index (κ1) is 59.2. The molecule has 27 nitrogen and oxygen atoms in total. The summed E-state index contributed by atoms with van der Waals surface area (Å²) < 4.78 is 87.8. The standard InChI is InChI=1S/C40H52Cl3NO26/c1-14(45)55-11-24-27(58-16(3)47)30(61-19(6)50)33(63-21(8)52)36(66-24)57-13-26-29(60-18(5)49)32(35(65-23(10)54)38(68-26)70-39(44)40(41,42)43)69-37-34(64-22(9)53)31(62-20(7)51)28(59-17(4)48)25(67-37)12-56-15(2)46/h24-38,44H,11-13H2,1-10H3/t24-,25-,26-,27-,28-,29-,30+,31+,32+,33-,34-,35-,36-,37+,38-/m1/s1. The number of hydrogen-bond donors (Lipinski definition) is 1. The second-order valence-electron chi connectivity index (χ2n) is 15.2. The van der Waals surface area contributed by atoms with E-state index >= 15 is 0 Å². The van der Waals surface area contributed by atoms with Crippen LogP contribution in [-0.2, 0) is 124 Å². The molecule has 0 unspecified atom stereocenters. The molecule has 0 bridgehead atoms. The summed E-state index contributed by atoms with van der Waals surface area (Å²) in [4.78, 5) is 125. The van der Waals surface area contributed by atoms with Crippen LogP contribution in [0.3, 0.4) is 0 Å². The van der Waals surface area contributed by atoms with Gasteiger partial charge in [0.05, 0.1) is 6.61 Å². The van der Waals surface area contributed by atoms with Gasteiger partial charge in [-0.15, -0.1) is 0 Å². The Labute approximate surface area is 413 Å². The number of alkyl halides is 3. The SMILES string of the molecule is CC(=O)OC[C@H]1O[C@@H](OC[C@H]2O[C@H](OC(=N)C(Cl)(Cl)Cl)[C@H](OC(C)=O)[C@@H](O[C@@H]3O[C@H](COC(C)=O)[C@@H](OC(C)=O)[C@H](OC(C)=O)[C@H]3OC(C)=O)[C@@H]2OC(C)=O)[C@H](OC(C)=O)[C@@H](OC(C)=O)[C@@H]1OC(C)=O. The highest BCUT2D eigenvalue weighted by Gasteiger charge is 2.59. The summed E-state index contributed by atoms with van der Waals surface area (Å²) >= 11 is 17.9. The average molecular weight is 1070 g/mol. The number of ether oxygens (including phenoxy) is 16. The number of hydrogen-bond acceptors (Lipinski definition) is 27. The first-order chi connectivity index (χ1) is 32.5. The molecule has 1 N–H and O–H groups in total. The molecule has 0 saturated carbocycles. The van der Waals surface area contributed by atoms with Crippen LogP contribution >= 0.6 is 34.8 Å². The lowest BCUT2D eigenvalue weighted by molar-refractivity contribution is -0.362. The molecule has 70 heavy (non-hydrogen) atoms. The Morgan fingerprint density at radius 3 is 1.01 bits per heavy atom. The highest BCUT2D eigenvalue weighted by atomic mass is 35.6. The van der Waals surface area contributed by atoms with Gasteiger partial charge in [0.15, 0.2) is 61.4 Å². The van der Waals surface area contributed by atoms with Gasteiger partial charge >= 0.3 is 59.7 Å². The summed E-state index contributed by atoms with van der Waals surface area (Å²) in [6.45, 7) is 7.35. The first-order valence-corrected chi connectivity index (χ1v) is 21.8. The van der Waals surface area contributed by atoms with Gasteiger partial charge in [0.2, 0.25) is 12.2 Å². The van der Waals surface area contributed by atoms with E-state index in [1.54, 1.807) is 0 Å². The Hall–Kier alpha value is -5.16. The molecule has 0 aliphatic carbocycles. The van der Waals surface area contributed by atoms with Gasteiger partial charge in [0, 0.05) is 69.2 Å². The van der Waals surface area contributed by atoms with E-state index < -0.39 is 181 Å². The van der Waals surface area contributed by atoms with E-state index in [1.165, 1.54) is 0 Å². The van der Waals surface area contributed by atoms with Crippen molar-refractivity contribution in [3.63, 3.8) is 0 Å². The molecular formula is C40H52Cl3NO26. The fourth-order valence-electron chi connectivity index (χ4n) is 7.06. The second kappa shape index (κ2) is 26.3. The van der Waals surface area contributed by atoms with Gasteiger partial charge in [-0.3, -0.25) is 53.4 Å². The molecule has 0 aromatic carbocycles. The van der Waals surface area contributed by atoms with Crippen molar-refractivity contribution in [2.24, 2.45) is 0 Å². The van der Waals surface area contributed by atoms with E-state index in [-0.39, 0.29) is 0 Å². The Morgan fingerprint density at radius 2 is 0.657 bits per heavy atom. The van der Waals surface area contributed by atoms with Crippen LogP contribution in [0.2, 0.25) is 0 Å². The molecule has 394 valence electrons. The quantitative estimate of drug-likeness (QED) is 0.0642. The molecule has 3 saturated heterocycles. The van der Waals surface area contributed by atoms with Crippen molar-refractivity contribution in [1.82, 2.24) is 0 Å². The fraction of sp³-hybridized carbons (Fsp3) is 0.725. The van der Waals surface area contributed by atoms with Gasteiger partial charge in [0.25, 0.3) is 3.79 Å². The molecule has 0 radical (unpaired) electrons. The lowest BCUT2D eigenvalue weighted by atomic mass is 9.95. The van der Waals surface area contributed by atoms with E-state index in [9.17, 15) is 47.9 Å².